The maximum absolute atomic E-state index is 12.7. The molecule has 28 heavy (non-hydrogen) atoms. The maximum Gasteiger partial charge on any atom is 0.329 e. The number of nitrogens with zero attached hydrogens (tertiary/aromatic N) is 1. The van der Waals surface area contributed by atoms with Crippen LogP contribution in [0.2, 0.25) is 5.02 Å². The fraction of sp³-hybridized carbons (Fsp3) is 0.500. The van der Waals surface area contributed by atoms with E-state index in [0.29, 0.717) is 10.7 Å². The lowest BCUT2D eigenvalue weighted by molar-refractivity contribution is -0.159. The maximum atomic E-state index is 12.7. The number of hydrogen-bond donors (Lipinski definition) is 1. The van der Waals surface area contributed by atoms with E-state index >= 15 is 0 Å². The molecular weight excluding hydrogens is 384 g/mol. The summed E-state index contributed by atoms with van der Waals surface area (Å²) in [5, 5.41) is 3.12. The number of imide groups is 1. The molecule has 1 aliphatic heterocycles. The molecular formula is C20H21ClN2O5. The van der Waals surface area contributed by atoms with Crippen molar-refractivity contribution in [2.45, 2.75) is 32.2 Å². The number of amides is 3. The first-order valence-electron chi connectivity index (χ1n) is 9.45. The third kappa shape index (κ3) is 3.17. The Balaban J connectivity index is 1.33. The number of nitrogens with one attached hydrogen (secondary N) is 1. The molecule has 1 saturated heterocycles. The van der Waals surface area contributed by atoms with Crippen LogP contribution in [0.15, 0.2) is 24.3 Å². The Morgan fingerprint density at radius 2 is 1.71 bits per heavy atom. The summed E-state index contributed by atoms with van der Waals surface area (Å²) in [5.41, 5.74) is 0.520. The minimum Gasteiger partial charge on any atom is -0.454 e. The molecule has 8 heteroatoms. The van der Waals surface area contributed by atoms with Gasteiger partial charge in [-0.15, -0.1) is 0 Å². The van der Waals surface area contributed by atoms with Gasteiger partial charge in [0.2, 0.25) is 11.8 Å². The minimum atomic E-state index is -1.03. The number of hydrogen-bond acceptors (Lipinski definition) is 5. The molecule has 3 amide bonds. The van der Waals surface area contributed by atoms with Crippen molar-refractivity contribution in [3.05, 3.63) is 29.3 Å². The predicted octanol–water partition coefficient (Wildman–Crippen LogP) is 2.24. The number of rotatable bonds is 5. The number of esters is 1. The van der Waals surface area contributed by atoms with Gasteiger partial charge in [-0.1, -0.05) is 11.6 Å². The smallest absolute Gasteiger partial charge is 0.329 e. The fourth-order valence-electron chi connectivity index (χ4n) is 4.91. The van der Waals surface area contributed by atoms with Crippen LogP contribution in [0.4, 0.5) is 5.69 Å². The molecule has 0 unspecified atom stereocenters. The Morgan fingerprint density at radius 1 is 1.14 bits per heavy atom. The topological polar surface area (TPSA) is 92.8 Å². The van der Waals surface area contributed by atoms with E-state index in [0.717, 1.165) is 24.2 Å². The van der Waals surface area contributed by atoms with Crippen molar-refractivity contribution in [1.29, 1.82) is 0 Å². The van der Waals surface area contributed by atoms with E-state index in [1.807, 2.05) is 0 Å². The summed E-state index contributed by atoms with van der Waals surface area (Å²) in [7, 11) is 0. The second-order valence-corrected chi connectivity index (χ2v) is 8.21. The van der Waals surface area contributed by atoms with Gasteiger partial charge in [-0.3, -0.25) is 19.3 Å². The van der Waals surface area contributed by atoms with Crippen LogP contribution in [-0.2, 0) is 23.9 Å². The van der Waals surface area contributed by atoms with Crippen LogP contribution < -0.4 is 5.32 Å². The third-order valence-corrected chi connectivity index (χ3v) is 6.42. The van der Waals surface area contributed by atoms with Crippen LogP contribution in [0, 0.1) is 23.7 Å². The molecule has 1 aromatic carbocycles. The monoisotopic (exact) mass is 404 g/mol. The minimum absolute atomic E-state index is 0.254. The first-order chi connectivity index (χ1) is 13.4. The van der Waals surface area contributed by atoms with Crippen molar-refractivity contribution in [2.24, 2.45) is 23.7 Å². The average Bonchev–Trinajstić information content (AvgIpc) is 3.35. The summed E-state index contributed by atoms with van der Waals surface area (Å²) in [4.78, 5) is 50.9. The van der Waals surface area contributed by atoms with Gasteiger partial charge in [0.1, 0.15) is 6.04 Å². The molecule has 1 N–H and O–H groups in total. The summed E-state index contributed by atoms with van der Waals surface area (Å²) < 4.78 is 5.04. The quantitative estimate of drug-likeness (QED) is 0.600. The van der Waals surface area contributed by atoms with Crippen LogP contribution in [0.25, 0.3) is 0 Å². The van der Waals surface area contributed by atoms with E-state index in [9.17, 15) is 19.2 Å². The molecule has 4 rings (SSSR count). The Kier molecular flexibility index (Phi) is 4.87. The first kappa shape index (κ1) is 18.9. The normalized spacial score (nSPS) is 29.0. The number of likely N-dealkylation sites (tertiary alicyclic amines) is 1. The molecule has 3 fully saturated rings. The molecule has 148 valence electrons. The van der Waals surface area contributed by atoms with E-state index in [1.165, 1.54) is 6.92 Å². The Morgan fingerprint density at radius 3 is 2.29 bits per heavy atom. The first-order valence-corrected chi connectivity index (χ1v) is 9.83. The van der Waals surface area contributed by atoms with E-state index in [1.54, 1.807) is 24.3 Å². The molecule has 2 aliphatic carbocycles. The molecule has 3 aliphatic rings. The lowest BCUT2D eigenvalue weighted by Crippen LogP contribution is -2.45. The zero-order valence-corrected chi connectivity index (χ0v) is 16.1. The zero-order valence-electron chi connectivity index (χ0n) is 15.4. The molecule has 5 atom stereocenters. The summed E-state index contributed by atoms with van der Waals surface area (Å²) >= 11 is 5.79. The van der Waals surface area contributed by atoms with Crippen LogP contribution >= 0.6 is 11.6 Å². The van der Waals surface area contributed by atoms with Crippen molar-refractivity contribution >= 4 is 41.0 Å². The van der Waals surface area contributed by atoms with Crippen LogP contribution in [0.1, 0.15) is 26.2 Å². The highest BCUT2D eigenvalue weighted by molar-refractivity contribution is 6.30. The van der Waals surface area contributed by atoms with Gasteiger partial charge in [0.25, 0.3) is 5.91 Å². The lowest BCUT2D eigenvalue weighted by atomic mass is 9.81. The van der Waals surface area contributed by atoms with Crippen LogP contribution in [-0.4, -0.2) is 41.2 Å². The van der Waals surface area contributed by atoms with Gasteiger partial charge in [-0.25, -0.2) is 4.79 Å². The average molecular weight is 405 g/mol. The Labute approximate surface area is 167 Å². The van der Waals surface area contributed by atoms with E-state index < -0.39 is 24.5 Å². The molecule has 1 heterocycles. The van der Waals surface area contributed by atoms with Crippen molar-refractivity contribution in [3.8, 4) is 0 Å². The van der Waals surface area contributed by atoms with Gasteiger partial charge in [0, 0.05) is 10.7 Å². The molecule has 0 spiro atoms. The van der Waals surface area contributed by atoms with E-state index in [-0.39, 0.29) is 35.5 Å². The fourth-order valence-corrected chi connectivity index (χ4v) is 5.03. The Hall–Kier alpha value is -2.41. The zero-order chi connectivity index (χ0) is 20.0. The lowest BCUT2D eigenvalue weighted by Gasteiger charge is -2.23. The summed E-state index contributed by atoms with van der Waals surface area (Å²) in [6.45, 7) is 0.971. The van der Waals surface area contributed by atoms with Crippen LogP contribution in [0.3, 0.4) is 0 Å². The number of benzene rings is 1. The van der Waals surface area contributed by atoms with E-state index in [4.69, 9.17) is 16.3 Å². The summed E-state index contributed by atoms with van der Waals surface area (Å²) in [6.07, 6.45) is 2.88. The standard InChI is InChI=1S/C20H21ClN2O5/c1-10(20(27)28-9-15(24)22-14-6-4-13(21)5-7-14)23-18(25)16-11-2-3-12(8-11)17(16)19(23)26/h4-7,10-12,16-17H,2-3,8-9H2,1H3,(H,22,24)/t10-,11+,12+,16-,17+/m1/s1. The number of ether oxygens (including phenoxy) is 1. The van der Waals surface area contributed by atoms with Gasteiger partial charge >= 0.3 is 5.97 Å². The van der Waals surface area contributed by atoms with Gasteiger partial charge in [-0.2, -0.15) is 0 Å². The predicted molar refractivity (Wildman–Crippen MR) is 100 cm³/mol. The largest absolute Gasteiger partial charge is 0.454 e. The highest BCUT2D eigenvalue weighted by Crippen LogP contribution is 2.56. The number of anilines is 1. The Bertz CT molecular complexity index is 812. The van der Waals surface area contributed by atoms with Gasteiger partial charge < -0.3 is 10.1 Å². The number of carbonyl (C=O) groups excluding carboxylic acids is 4. The molecule has 2 bridgehead atoms. The second kappa shape index (κ2) is 7.20. The summed E-state index contributed by atoms with van der Waals surface area (Å²) in [6, 6.07) is 5.46. The summed E-state index contributed by atoms with van der Waals surface area (Å²) in [5.74, 6) is -1.87. The van der Waals surface area contributed by atoms with Gasteiger partial charge in [0.15, 0.2) is 6.61 Å². The SMILES string of the molecule is C[C@H](C(=O)OCC(=O)Nc1ccc(Cl)cc1)N1C(=O)[C@@H]2[C@H]3CC[C@@H](C3)[C@@H]2C1=O. The van der Waals surface area contributed by atoms with Gasteiger partial charge in [-0.05, 0) is 62.3 Å². The van der Waals surface area contributed by atoms with E-state index in [2.05, 4.69) is 5.32 Å². The molecule has 2 saturated carbocycles. The van der Waals surface area contributed by atoms with Gasteiger partial charge in [0.05, 0.1) is 11.8 Å². The van der Waals surface area contributed by atoms with Crippen molar-refractivity contribution < 1.29 is 23.9 Å². The number of carbonyl (C=O) groups is 4. The van der Waals surface area contributed by atoms with Crippen molar-refractivity contribution in [2.75, 3.05) is 11.9 Å². The second-order valence-electron chi connectivity index (χ2n) is 7.77. The highest BCUT2D eigenvalue weighted by Gasteiger charge is 2.62. The van der Waals surface area contributed by atoms with Crippen molar-refractivity contribution in [1.82, 2.24) is 4.90 Å². The number of fused-ring (bicyclic) bond motifs is 5. The van der Waals surface area contributed by atoms with Crippen LogP contribution in [0.5, 0.6) is 0 Å². The number of halogens is 1. The third-order valence-electron chi connectivity index (χ3n) is 6.16. The van der Waals surface area contributed by atoms with Crippen molar-refractivity contribution in [3.63, 3.8) is 0 Å². The molecule has 0 radical (unpaired) electrons. The molecule has 0 aromatic heterocycles. The molecule has 1 aromatic rings. The molecule has 7 nitrogen and oxygen atoms in total. The highest BCUT2D eigenvalue weighted by atomic mass is 35.5.